The van der Waals surface area contributed by atoms with Gasteiger partial charge in [0.25, 0.3) is 0 Å². The van der Waals surface area contributed by atoms with Gasteiger partial charge in [-0.2, -0.15) is 4.72 Å². The van der Waals surface area contributed by atoms with Crippen molar-refractivity contribution >= 4 is 32.9 Å². The highest BCUT2D eigenvalue weighted by Crippen LogP contribution is 2.18. The molecule has 9 heteroatoms. The molecule has 0 fully saturated rings. The number of fused-ring (bicyclic) bond motifs is 1. The summed E-state index contributed by atoms with van der Waals surface area (Å²) in [6.07, 6.45) is 0. The van der Waals surface area contributed by atoms with Crippen LogP contribution in [-0.4, -0.2) is 37.4 Å². The fourth-order valence-corrected chi connectivity index (χ4v) is 4.03. The minimum atomic E-state index is -3.89. The third kappa shape index (κ3) is 4.32. The molecule has 1 aromatic heterocycles. The van der Waals surface area contributed by atoms with E-state index < -0.39 is 22.0 Å². The van der Waals surface area contributed by atoms with Crippen molar-refractivity contribution in [3.8, 4) is 5.75 Å². The summed E-state index contributed by atoms with van der Waals surface area (Å²) < 4.78 is 32.9. The summed E-state index contributed by atoms with van der Waals surface area (Å²) in [5, 5.41) is 2.65. The van der Waals surface area contributed by atoms with E-state index in [4.69, 9.17) is 4.74 Å². The van der Waals surface area contributed by atoms with Gasteiger partial charge in [0.2, 0.25) is 21.9 Å². The van der Waals surface area contributed by atoms with E-state index >= 15 is 0 Å². The summed E-state index contributed by atoms with van der Waals surface area (Å²) in [6, 6.07) is 12.3. The molecule has 0 aliphatic carbocycles. The Balaban J connectivity index is 1.78. The van der Waals surface area contributed by atoms with E-state index in [1.54, 1.807) is 26.0 Å². The standard InChI is InChI=1S/C19H22N4O4S/c1-12(2)17(23-28(25,26)14-10-8-13(27-3)9-11-14)18(24)22-19-20-15-6-4-5-7-16(15)21-19/h4-12,17,23H,1-3H3,(H2,20,21,22,24)/t17-/m0/s1. The van der Waals surface area contributed by atoms with Crippen LogP contribution in [0.3, 0.4) is 0 Å². The predicted octanol–water partition coefficient (Wildman–Crippen LogP) is 2.51. The van der Waals surface area contributed by atoms with Gasteiger partial charge in [0.15, 0.2) is 0 Å². The second kappa shape index (κ2) is 7.99. The van der Waals surface area contributed by atoms with Crippen LogP contribution in [-0.2, 0) is 14.8 Å². The Morgan fingerprint density at radius 1 is 1.11 bits per heavy atom. The number of hydrogen-bond acceptors (Lipinski definition) is 5. The topological polar surface area (TPSA) is 113 Å². The predicted molar refractivity (Wildman–Crippen MR) is 107 cm³/mol. The van der Waals surface area contributed by atoms with Crippen molar-refractivity contribution in [2.75, 3.05) is 12.4 Å². The number of H-pyrrole nitrogens is 1. The summed E-state index contributed by atoms with van der Waals surface area (Å²) in [5.41, 5.74) is 1.48. The van der Waals surface area contributed by atoms with Gasteiger partial charge in [0.05, 0.1) is 23.0 Å². The molecule has 3 aromatic rings. The highest BCUT2D eigenvalue weighted by Gasteiger charge is 2.29. The van der Waals surface area contributed by atoms with Gasteiger partial charge in [0.1, 0.15) is 11.8 Å². The second-order valence-corrected chi connectivity index (χ2v) is 8.32. The molecule has 0 aliphatic rings. The number of nitrogens with one attached hydrogen (secondary N) is 3. The molecule has 0 aliphatic heterocycles. The van der Waals surface area contributed by atoms with Crippen LogP contribution in [0.2, 0.25) is 0 Å². The number of benzene rings is 2. The number of carbonyl (C=O) groups is 1. The lowest BCUT2D eigenvalue weighted by atomic mass is 10.1. The zero-order valence-electron chi connectivity index (χ0n) is 15.8. The number of aromatic amines is 1. The molecule has 0 saturated heterocycles. The zero-order chi connectivity index (χ0) is 20.3. The number of sulfonamides is 1. The van der Waals surface area contributed by atoms with Gasteiger partial charge in [-0.3, -0.25) is 10.1 Å². The smallest absolute Gasteiger partial charge is 0.245 e. The molecule has 0 spiro atoms. The van der Waals surface area contributed by atoms with Crippen LogP contribution in [0.4, 0.5) is 5.95 Å². The van der Waals surface area contributed by atoms with E-state index in [1.807, 2.05) is 24.3 Å². The number of rotatable bonds is 7. The molecule has 3 N–H and O–H groups in total. The highest BCUT2D eigenvalue weighted by molar-refractivity contribution is 7.89. The first-order valence-corrected chi connectivity index (χ1v) is 10.2. The first-order chi connectivity index (χ1) is 13.3. The van der Waals surface area contributed by atoms with Crippen molar-refractivity contribution in [3.63, 3.8) is 0 Å². The van der Waals surface area contributed by atoms with Crippen molar-refractivity contribution in [3.05, 3.63) is 48.5 Å². The molecule has 0 radical (unpaired) electrons. The third-order valence-electron chi connectivity index (χ3n) is 4.23. The summed E-state index contributed by atoms with van der Waals surface area (Å²) in [7, 11) is -2.39. The lowest BCUT2D eigenvalue weighted by Crippen LogP contribution is -2.47. The van der Waals surface area contributed by atoms with E-state index in [0.29, 0.717) is 11.3 Å². The number of ether oxygens (including phenoxy) is 1. The molecular formula is C19H22N4O4S. The van der Waals surface area contributed by atoms with Gasteiger partial charge in [0, 0.05) is 0 Å². The van der Waals surface area contributed by atoms with Gasteiger partial charge in [-0.05, 0) is 42.3 Å². The summed E-state index contributed by atoms with van der Waals surface area (Å²) >= 11 is 0. The monoisotopic (exact) mass is 402 g/mol. The number of nitrogens with zero attached hydrogens (tertiary/aromatic N) is 1. The maximum Gasteiger partial charge on any atom is 0.245 e. The molecule has 1 amide bonds. The largest absolute Gasteiger partial charge is 0.497 e. The van der Waals surface area contributed by atoms with E-state index in [2.05, 4.69) is 20.0 Å². The van der Waals surface area contributed by atoms with Crippen molar-refractivity contribution in [1.82, 2.24) is 14.7 Å². The quantitative estimate of drug-likeness (QED) is 0.562. The molecule has 2 aromatic carbocycles. The SMILES string of the molecule is COc1ccc(S(=O)(=O)N[C@H](C(=O)Nc2nc3ccccc3[nH]2)C(C)C)cc1. The number of carbonyl (C=O) groups excluding carboxylic acids is 1. The molecule has 0 saturated carbocycles. The first-order valence-electron chi connectivity index (χ1n) is 8.72. The minimum absolute atomic E-state index is 0.0514. The van der Waals surface area contributed by atoms with Crippen LogP contribution in [0.5, 0.6) is 5.75 Å². The van der Waals surface area contributed by atoms with Gasteiger partial charge >= 0.3 is 0 Å². The average molecular weight is 402 g/mol. The molecule has 0 bridgehead atoms. The Morgan fingerprint density at radius 3 is 2.39 bits per heavy atom. The molecule has 28 heavy (non-hydrogen) atoms. The molecular weight excluding hydrogens is 380 g/mol. The van der Waals surface area contributed by atoms with Crippen molar-refractivity contribution in [2.45, 2.75) is 24.8 Å². The highest BCUT2D eigenvalue weighted by atomic mass is 32.2. The summed E-state index contributed by atoms with van der Waals surface area (Å²) in [5.74, 6) is 0.0334. The van der Waals surface area contributed by atoms with Gasteiger partial charge < -0.3 is 9.72 Å². The number of para-hydroxylation sites is 2. The first kappa shape index (κ1) is 19.8. The normalized spacial score (nSPS) is 12.9. The maximum absolute atomic E-state index is 12.7. The van der Waals surface area contributed by atoms with Crippen LogP contribution < -0.4 is 14.8 Å². The summed E-state index contributed by atoms with van der Waals surface area (Å²) in [4.78, 5) is 20.1. The lowest BCUT2D eigenvalue weighted by molar-refractivity contribution is -0.118. The Labute approximate surface area is 163 Å². The fraction of sp³-hybridized carbons (Fsp3) is 0.263. The summed E-state index contributed by atoms with van der Waals surface area (Å²) in [6.45, 7) is 3.53. The molecule has 0 unspecified atom stereocenters. The third-order valence-corrected chi connectivity index (χ3v) is 5.69. The minimum Gasteiger partial charge on any atom is -0.497 e. The van der Waals surface area contributed by atoms with E-state index in [1.165, 1.54) is 19.2 Å². The number of hydrogen-bond donors (Lipinski definition) is 3. The Morgan fingerprint density at radius 2 is 1.79 bits per heavy atom. The van der Waals surface area contributed by atoms with Gasteiger partial charge in [-0.25, -0.2) is 13.4 Å². The zero-order valence-corrected chi connectivity index (χ0v) is 16.6. The van der Waals surface area contributed by atoms with Crippen LogP contribution >= 0.6 is 0 Å². The molecule has 148 valence electrons. The number of aromatic nitrogens is 2. The number of amides is 1. The van der Waals surface area contributed by atoms with Crippen LogP contribution in [0.1, 0.15) is 13.8 Å². The van der Waals surface area contributed by atoms with Crippen molar-refractivity contribution in [2.24, 2.45) is 5.92 Å². The van der Waals surface area contributed by atoms with E-state index in [0.717, 1.165) is 5.52 Å². The van der Waals surface area contributed by atoms with Crippen molar-refractivity contribution in [1.29, 1.82) is 0 Å². The molecule has 8 nitrogen and oxygen atoms in total. The number of anilines is 1. The fourth-order valence-electron chi connectivity index (χ4n) is 2.69. The lowest BCUT2D eigenvalue weighted by Gasteiger charge is -2.21. The molecule has 3 rings (SSSR count). The Hall–Kier alpha value is -2.91. The van der Waals surface area contributed by atoms with E-state index in [-0.39, 0.29) is 16.8 Å². The van der Waals surface area contributed by atoms with Gasteiger partial charge in [-0.15, -0.1) is 0 Å². The number of methoxy groups -OCH3 is 1. The Bertz CT molecular complexity index is 1040. The van der Waals surface area contributed by atoms with Crippen molar-refractivity contribution < 1.29 is 17.9 Å². The van der Waals surface area contributed by atoms with Gasteiger partial charge in [-0.1, -0.05) is 26.0 Å². The second-order valence-electron chi connectivity index (χ2n) is 6.61. The molecule has 1 heterocycles. The average Bonchev–Trinajstić information content (AvgIpc) is 3.08. The van der Waals surface area contributed by atoms with Crippen LogP contribution in [0.25, 0.3) is 11.0 Å². The number of imidazole rings is 1. The van der Waals surface area contributed by atoms with Crippen LogP contribution in [0.15, 0.2) is 53.4 Å². The van der Waals surface area contributed by atoms with E-state index in [9.17, 15) is 13.2 Å². The Kier molecular flexibility index (Phi) is 5.66. The molecule has 1 atom stereocenters. The maximum atomic E-state index is 12.7. The van der Waals surface area contributed by atoms with Crippen LogP contribution in [0, 0.1) is 5.92 Å².